The highest BCUT2D eigenvalue weighted by molar-refractivity contribution is 5.97. The molecule has 0 aliphatic heterocycles. The van der Waals surface area contributed by atoms with Crippen LogP contribution in [0.5, 0.6) is 0 Å². The van der Waals surface area contributed by atoms with Gasteiger partial charge in [0.05, 0.1) is 6.54 Å². The van der Waals surface area contributed by atoms with Crippen LogP contribution in [0.1, 0.15) is 34.0 Å². The number of carbonyl (C=O) groups excluding carboxylic acids is 2. The van der Waals surface area contributed by atoms with Gasteiger partial charge in [0, 0.05) is 11.5 Å². The summed E-state index contributed by atoms with van der Waals surface area (Å²) in [7, 11) is 0. The molecule has 0 radical (unpaired) electrons. The van der Waals surface area contributed by atoms with Crippen molar-refractivity contribution in [1.82, 2.24) is 5.32 Å². The zero-order valence-corrected chi connectivity index (χ0v) is 16.7. The smallest absolute Gasteiger partial charge is 0.251 e. The number of ketones is 1. The number of hydrogen-bond acceptors (Lipinski definition) is 2. The lowest BCUT2D eigenvalue weighted by Gasteiger charge is -2.10. The van der Waals surface area contributed by atoms with Crippen molar-refractivity contribution in [2.24, 2.45) is 5.92 Å². The maximum atomic E-state index is 12.5. The topological polar surface area (TPSA) is 46.2 Å². The summed E-state index contributed by atoms with van der Waals surface area (Å²) < 4.78 is 0. The quantitative estimate of drug-likeness (QED) is 0.675. The van der Waals surface area contributed by atoms with E-state index in [1.54, 1.807) is 0 Å². The van der Waals surface area contributed by atoms with Crippen LogP contribution >= 0.6 is 0 Å². The number of benzene rings is 3. The largest absolute Gasteiger partial charge is 0.345 e. The second kappa shape index (κ2) is 8.44. The first-order valence-corrected chi connectivity index (χ1v) is 10.2. The van der Waals surface area contributed by atoms with Crippen LogP contribution in [0.3, 0.4) is 0 Å². The van der Waals surface area contributed by atoms with Gasteiger partial charge in [-0.25, -0.2) is 0 Å². The van der Waals surface area contributed by atoms with E-state index in [9.17, 15) is 9.59 Å². The first-order chi connectivity index (χ1) is 14.1. The number of nitrogens with one attached hydrogen (secondary N) is 1. The molecule has 1 aliphatic carbocycles. The molecule has 0 fully saturated rings. The molecular weight excluding hydrogens is 358 g/mol. The molecular formula is C26H25NO2. The van der Waals surface area contributed by atoms with Crippen LogP contribution in [-0.2, 0) is 24.1 Å². The highest BCUT2D eigenvalue weighted by Gasteiger charge is 2.26. The van der Waals surface area contributed by atoms with Crippen molar-refractivity contribution in [3.05, 3.63) is 95.1 Å². The van der Waals surface area contributed by atoms with E-state index in [0.717, 1.165) is 30.4 Å². The van der Waals surface area contributed by atoms with Crippen molar-refractivity contribution in [3.8, 4) is 11.1 Å². The van der Waals surface area contributed by atoms with Crippen LogP contribution in [0, 0.1) is 5.92 Å². The van der Waals surface area contributed by atoms with Gasteiger partial charge in [-0.2, -0.15) is 0 Å². The molecule has 1 aliphatic rings. The van der Waals surface area contributed by atoms with E-state index >= 15 is 0 Å². The van der Waals surface area contributed by atoms with E-state index in [2.05, 4.69) is 48.6 Å². The summed E-state index contributed by atoms with van der Waals surface area (Å²) in [6.45, 7) is 2.22. The predicted octanol–water partition coefficient (Wildman–Crippen LogP) is 4.63. The molecule has 0 aromatic heterocycles. The van der Waals surface area contributed by atoms with Crippen LogP contribution in [-0.4, -0.2) is 18.2 Å². The predicted molar refractivity (Wildman–Crippen MR) is 116 cm³/mol. The summed E-state index contributed by atoms with van der Waals surface area (Å²) in [5, 5.41) is 2.79. The molecule has 0 spiro atoms. The Morgan fingerprint density at radius 2 is 1.38 bits per heavy atom. The lowest BCUT2D eigenvalue weighted by molar-refractivity contribution is -0.121. The van der Waals surface area contributed by atoms with Crippen molar-refractivity contribution in [1.29, 1.82) is 0 Å². The van der Waals surface area contributed by atoms with Gasteiger partial charge in [-0.3, -0.25) is 9.59 Å². The van der Waals surface area contributed by atoms with Crippen LogP contribution in [0.15, 0.2) is 72.8 Å². The molecule has 0 bridgehead atoms. The number of amides is 1. The highest BCUT2D eigenvalue weighted by Crippen LogP contribution is 2.27. The number of carbonyl (C=O) groups is 2. The zero-order valence-electron chi connectivity index (χ0n) is 16.7. The molecule has 0 heterocycles. The van der Waals surface area contributed by atoms with Gasteiger partial charge >= 0.3 is 0 Å². The monoisotopic (exact) mass is 383 g/mol. The summed E-state index contributed by atoms with van der Waals surface area (Å²) in [5.41, 5.74) is 6.58. The Morgan fingerprint density at radius 3 is 1.93 bits per heavy atom. The lowest BCUT2D eigenvalue weighted by atomic mass is 10.0. The molecule has 3 aromatic carbocycles. The van der Waals surface area contributed by atoms with Crippen LogP contribution in [0.2, 0.25) is 0 Å². The van der Waals surface area contributed by atoms with E-state index in [4.69, 9.17) is 0 Å². The summed E-state index contributed by atoms with van der Waals surface area (Å²) in [6, 6.07) is 24.2. The molecule has 3 aromatic rings. The number of Topliss-reactive ketones (excluding diaryl/α,β-unsaturated/α-hetero) is 1. The Hall–Kier alpha value is -3.20. The van der Waals surface area contributed by atoms with Crippen molar-refractivity contribution in [3.63, 3.8) is 0 Å². The Morgan fingerprint density at radius 1 is 0.828 bits per heavy atom. The fourth-order valence-electron chi connectivity index (χ4n) is 3.95. The lowest BCUT2D eigenvalue weighted by Crippen LogP contribution is -2.33. The SMILES string of the molecule is CCc1ccc(-c2ccc(C(=O)NCC(=O)C3Cc4ccccc4C3)cc2)cc1. The third kappa shape index (κ3) is 4.29. The van der Waals surface area contributed by atoms with Gasteiger partial charge in [0.25, 0.3) is 5.91 Å². The second-order valence-electron chi connectivity index (χ2n) is 7.65. The van der Waals surface area contributed by atoms with Crippen molar-refractivity contribution in [2.45, 2.75) is 26.2 Å². The minimum absolute atomic E-state index is 0.0267. The van der Waals surface area contributed by atoms with Crippen LogP contribution in [0.25, 0.3) is 11.1 Å². The van der Waals surface area contributed by atoms with Gasteiger partial charge in [-0.15, -0.1) is 0 Å². The fraction of sp³-hybridized carbons (Fsp3) is 0.231. The Labute approximate surface area is 171 Å². The molecule has 3 heteroatoms. The van der Waals surface area contributed by atoms with E-state index in [0.29, 0.717) is 5.56 Å². The first-order valence-electron chi connectivity index (χ1n) is 10.2. The molecule has 3 nitrogen and oxygen atoms in total. The van der Waals surface area contributed by atoms with Gasteiger partial charge in [0.1, 0.15) is 0 Å². The molecule has 146 valence electrons. The first kappa shape index (κ1) is 19.1. The maximum absolute atomic E-state index is 12.5. The minimum Gasteiger partial charge on any atom is -0.345 e. The van der Waals surface area contributed by atoms with Crippen LogP contribution in [0.4, 0.5) is 0 Å². The Balaban J connectivity index is 1.33. The molecule has 4 rings (SSSR count). The molecule has 0 unspecified atom stereocenters. The Bertz CT molecular complexity index is 994. The normalized spacial score (nSPS) is 13.1. The van der Waals surface area contributed by atoms with Crippen molar-refractivity contribution < 1.29 is 9.59 Å². The summed E-state index contributed by atoms with van der Waals surface area (Å²) in [5.74, 6) is -0.134. The third-order valence-corrected chi connectivity index (χ3v) is 5.77. The molecule has 0 atom stereocenters. The molecule has 0 saturated heterocycles. The summed E-state index contributed by atoms with van der Waals surface area (Å²) >= 11 is 0. The van der Waals surface area contributed by atoms with Gasteiger partial charge in [0.2, 0.25) is 0 Å². The highest BCUT2D eigenvalue weighted by atomic mass is 16.2. The average Bonchev–Trinajstić information content (AvgIpc) is 3.22. The average molecular weight is 383 g/mol. The number of fused-ring (bicyclic) bond motifs is 1. The molecule has 0 saturated carbocycles. The number of hydrogen-bond donors (Lipinski definition) is 1. The fourth-order valence-corrected chi connectivity index (χ4v) is 3.95. The number of rotatable bonds is 6. The minimum atomic E-state index is -0.207. The third-order valence-electron chi connectivity index (χ3n) is 5.77. The summed E-state index contributed by atoms with van der Waals surface area (Å²) in [4.78, 5) is 25.0. The maximum Gasteiger partial charge on any atom is 0.251 e. The van der Waals surface area contributed by atoms with E-state index in [-0.39, 0.29) is 24.2 Å². The summed E-state index contributed by atoms with van der Waals surface area (Å²) in [6.07, 6.45) is 2.57. The second-order valence-corrected chi connectivity index (χ2v) is 7.65. The van der Waals surface area contributed by atoms with Gasteiger partial charge in [-0.05, 0) is 59.2 Å². The molecule has 1 N–H and O–H groups in total. The standard InChI is InChI=1S/C26H25NO2/c1-2-18-7-9-19(10-8-18)20-11-13-21(14-12-20)26(29)27-17-25(28)24-15-22-5-3-4-6-23(22)16-24/h3-14,24H,2,15-17H2,1H3,(H,27,29). The zero-order chi connectivity index (χ0) is 20.2. The van der Waals surface area contributed by atoms with E-state index < -0.39 is 0 Å². The Kier molecular flexibility index (Phi) is 5.57. The van der Waals surface area contributed by atoms with Gasteiger partial charge in [-0.1, -0.05) is 67.6 Å². The van der Waals surface area contributed by atoms with Gasteiger partial charge in [0.15, 0.2) is 5.78 Å². The molecule has 1 amide bonds. The van der Waals surface area contributed by atoms with Gasteiger partial charge < -0.3 is 5.32 Å². The van der Waals surface area contributed by atoms with E-state index in [1.165, 1.54) is 16.7 Å². The van der Waals surface area contributed by atoms with Crippen molar-refractivity contribution in [2.75, 3.05) is 6.54 Å². The number of aryl methyl sites for hydroxylation is 1. The van der Waals surface area contributed by atoms with Crippen LogP contribution < -0.4 is 5.32 Å². The van der Waals surface area contributed by atoms with E-state index in [1.807, 2.05) is 36.4 Å². The molecule has 29 heavy (non-hydrogen) atoms. The van der Waals surface area contributed by atoms with Crippen molar-refractivity contribution >= 4 is 11.7 Å².